The van der Waals surface area contributed by atoms with E-state index in [1.54, 1.807) is 0 Å². The minimum Gasteiger partial charge on any atom is -0.325 e. The van der Waals surface area contributed by atoms with Crippen LogP contribution in [-0.4, -0.2) is 12.5 Å². The van der Waals surface area contributed by atoms with Crippen LogP contribution in [0.25, 0.3) is 0 Å². The highest BCUT2D eigenvalue weighted by Gasteiger charge is 2.10. The highest BCUT2D eigenvalue weighted by molar-refractivity contribution is 9.10. The molecule has 0 aliphatic carbocycles. The molecule has 1 atom stereocenters. The van der Waals surface area contributed by atoms with Gasteiger partial charge in [-0.2, -0.15) is 0 Å². The topological polar surface area (TPSA) is 41.1 Å². The summed E-state index contributed by atoms with van der Waals surface area (Å²) in [5, 5.41) is 6.21. The number of hydrogen-bond donors (Lipinski definition) is 2. The molecule has 0 aliphatic rings. The highest BCUT2D eigenvalue weighted by Crippen LogP contribution is 2.19. The first-order valence-corrected chi connectivity index (χ1v) is 8.23. The van der Waals surface area contributed by atoms with Crippen LogP contribution in [0.1, 0.15) is 30.5 Å². The van der Waals surface area contributed by atoms with Crippen LogP contribution in [0.15, 0.2) is 53.0 Å². The van der Waals surface area contributed by atoms with E-state index >= 15 is 0 Å². The van der Waals surface area contributed by atoms with E-state index in [0.29, 0.717) is 6.54 Å². The van der Waals surface area contributed by atoms with E-state index in [1.165, 1.54) is 11.1 Å². The van der Waals surface area contributed by atoms with Crippen molar-refractivity contribution in [2.75, 3.05) is 11.9 Å². The molecule has 0 aliphatic heterocycles. The molecule has 3 nitrogen and oxygen atoms in total. The molecule has 22 heavy (non-hydrogen) atoms. The number of anilines is 1. The van der Waals surface area contributed by atoms with Gasteiger partial charge >= 0.3 is 0 Å². The maximum absolute atomic E-state index is 12.0. The Morgan fingerprint density at radius 1 is 1.09 bits per heavy atom. The maximum Gasteiger partial charge on any atom is 0.238 e. The van der Waals surface area contributed by atoms with Crippen LogP contribution in [0.2, 0.25) is 0 Å². The lowest BCUT2D eigenvalue weighted by atomic mass is 10.0. The first-order valence-electron chi connectivity index (χ1n) is 7.44. The smallest absolute Gasteiger partial charge is 0.238 e. The van der Waals surface area contributed by atoms with Crippen molar-refractivity contribution in [3.63, 3.8) is 0 Å². The average Bonchev–Trinajstić information content (AvgIpc) is 2.52. The molecule has 0 spiro atoms. The Hall–Kier alpha value is -1.65. The van der Waals surface area contributed by atoms with Crippen LogP contribution in [-0.2, 0) is 4.79 Å². The molecule has 0 radical (unpaired) electrons. The predicted molar refractivity (Wildman–Crippen MR) is 95.0 cm³/mol. The number of carbonyl (C=O) groups is 1. The van der Waals surface area contributed by atoms with Crippen molar-refractivity contribution in [1.29, 1.82) is 0 Å². The normalized spacial score (nSPS) is 12.0. The van der Waals surface area contributed by atoms with Crippen LogP contribution in [0.4, 0.5) is 5.69 Å². The molecule has 116 valence electrons. The van der Waals surface area contributed by atoms with E-state index in [-0.39, 0.29) is 11.9 Å². The second-order valence-corrected chi connectivity index (χ2v) is 6.22. The van der Waals surface area contributed by atoms with E-state index in [1.807, 2.05) is 43.3 Å². The standard InChI is InChI=1S/C18H21BrN2O/c1-3-17(14-6-8-15(19)9-7-14)20-12-18(22)21-16-10-4-13(2)5-11-16/h4-11,17,20H,3,12H2,1-2H3,(H,21,22)/t17-/m1/s1. The van der Waals surface area contributed by atoms with Gasteiger partial charge in [-0.25, -0.2) is 0 Å². The lowest BCUT2D eigenvalue weighted by Gasteiger charge is -2.17. The molecule has 2 rings (SSSR count). The Labute approximate surface area is 140 Å². The summed E-state index contributed by atoms with van der Waals surface area (Å²) >= 11 is 3.44. The molecule has 2 N–H and O–H groups in total. The van der Waals surface area contributed by atoms with Crippen molar-refractivity contribution in [2.45, 2.75) is 26.3 Å². The molecular weight excluding hydrogens is 340 g/mol. The lowest BCUT2D eigenvalue weighted by Crippen LogP contribution is -2.31. The summed E-state index contributed by atoms with van der Waals surface area (Å²) in [6.45, 7) is 4.43. The van der Waals surface area contributed by atoms with Gasteiger partial charge in [0.05, 0.1) is 6.54 Å². The first kappa shape index (κ1) is 16.7. The first-order chi connectivity index (χ1) is 10.6. The quantitative estimate of drug-likeness (QED) is 0.799. The SMILES string of the molecule is CC[C@@H](NCC(=O)Nc1ccc(C)cc1)c1ccc(Br)cc1. The van der Waals surface area contributed by atoms with Crippen LogP contribution < -0.4 is 10.6 Å². The predicted octanol–water partition coefficient (Wildman–Crippen LogP) is 4.44. The second kappa shape index (κ2) is 8.11. The largest absolute Gasteiger partial charge is 0.325 e. The molecule has 0 bridgehead atoms. The maximum atomic E-state index is 12.0. The second-order valence-electron chi connectivity index (χ2n) is 5.31. The number of rotatable bonds is 6. The number of nitrogens with one attached hydrogen (secondary N) is 2. The van der Waals surface area contributed by atoms with Gasteiger partial charge in [0.15, 0.2) is 0 Å². The molecule has 2 aromatic rings. The Bertz CT molecular complexity index is 608. The minimum atomic E-state index is -0.0283. The third-order valence-corrected chi connectivity index (χ3v) is 4.05. The zero-order valence-corrected chi connectivity index (χ0v) is 14.5. The fraction of sp³-hybridized carbons (Fsp3) is 0.278. The number of aryl methyl sites for hydroxylation is 1. The third kappa shape index (κ3) is 4.97. The molecule has 0 saturated heterocycles. The summed E-state index contributed by atoms with van der Waals surface area (Å²) in [5.41, 5.74) is 3.19. The molecule has 0 saturated carbocycles. The van der Waals surface area contributed by atoms with E-state index in [0.717, 1.165) is 16.6 Å². The number of amides is 1. The number of benzene rings is 2. The third-order valence-electron chi connectivity index (χ3n) is 3.52. The summed E-state index contributed by atoms with van der Waals surface area (Å²) < 4.78 is 1.06. The van der Waals surface area contributed by atoms with Crippen LogP contribution in [0, 0.1) is 6.92 Å². The summed E-state index contributed by atoms with van der Waals surface area (Å²) in [4.78, 5) is 12.0. The van der Waals surface area contributed by atoms with Crippen molar-refractivity contribution >= 4 is 27.5 Å². The van der Waals surface area contributed by atoms with Gasteiger partial charge in [-0.3, -0.25) is 4.79 Å². The van der Waals surface area contributed by atoms with E-state index < -0.39 is 0 Å². The highest BCUT2D eigenvalue weighted by atomic mass is 79.9. The average molecular weight is 361 g/mol. The van der Waals surface area contributed by atoms with Crippen molar-refractivity contribution in [2.24, 2.45) is 0 Å². The van der Waals surface area contributed by atoms with E-state index in [9.17, 15) is 4.79 Å². The summed E-state index contributed by atoms with van der Waals surface area (Å²) in [6, 6.07) is 16.2. The fourth-order valence-corrected chi connectivity index (χ4v) is 2.52. The number of hydrogen-bond acceptors (Lipinski definition) is 2. The Balaban J connectivity index is 1.88. The van der Waals surface area contributed by atoms with Gasteiger partial charge in [-0.1, -0.05) is 52.7 Å². The van der Waals surface area contributed by atoms with Gasteiger partial charge in [-0.15, -0.1) is 0 Å². The minimum absolute atomic E-state index is 0.0283. The Morgan fingerprint density at radius 2 is 1.73 bits per heavy atom. The number of carbonyl (C=O) groups excluding carboxylic acids is 1. The van der Waals surface area contributed by atoms with Crippen molar-refractivity contribution in [1.82, 2.24) is 5.32 Å². The van der Waals surface area contributed by atoms with Gasteiger partial charge in [0.25, 0.3) is 0 Å². The van der Waals surface area contributed by atoms with Gasteiger partial charge < -0.3 is 10.6 Å². The van der Waals surface area contributed by atoms with E-state index in [2.05, 4.69) is 45.6 Å². The fourth-order valence-electron chi connectivity index (χ4n) is 2.25. The zero-order chi connectivity index (χ0) is 15.9. The summed E-state index contributed by atoms with van der Waals surface area (Å²) in [7, 11) is 0. The molecule has 0 fully saturated rings. The molecule has 0 heterocycles. The monoisotopic (exact) mass is 360 g/mol. The molecular formula is C18H21BrN2O. The van der Waals surface area contributed by atoms with E-state index in [4.69, 9.17) is 0 Å². The molecule has 4 heteroatoms. The molecule has 0 aromatic heterocycles. The van der Waals surface area contributed by atoms with Gasteiger partial charge in [0.1, 0.15) is 0 Å². The van der Waals surface area contributed by atoms with Gasteiger partial charge in [0, 0.05) is 16.2 Å². The lowest BCUT2D eigenvalue weighted by molar-refractivity contribution is -0.115. The van der Waals surface area contributed by atoms with Crippen molar-refractivity contribution in [3.8, 4) is 0 Å². The molecule has 2 aromatic carbocycles. The van der Waals surface area contributed by atoms with Crippen LogP contribution in [0.5, 0.6) is 0 Å². The van der Waals surface area contributed by atoms with Crippen molar-refractivity contribution < 1.29 is 4.79 Å². The van der Waals surface area contributed by atoms with Gasteiger partial charge in [0.2, 0.25) is 5.91 Å². The Morgan fingerprint density at radius 3 is 2.32 bits per heavy atom. The Kier molecular flexibility index (Phi) is 6.16. The molecule has 0 unspecified atom stereocenters. The number of halogens is 1. The summed E-state index contributed by atoms with van der Waals surface area (Å²) in [6.07, 6.45) is 0.930. The van der Waals surface area contributed by atoms with Crippen molar-refractivity contribution in [3.05, 3.63) is 64.1 Å². The van der Waals surface area contributed by atoms with Crippen LogP contribution in [0.3, 0.4) is 0 Å². The van der Waals surface area contributed by atoms with Crippen LogP contribution >= 0.6 is 15.9 Å². The summed E-state index contributed by atoms with van der Waals surface area (Å²) in [5.74, 6) is -0.0283. The van der Waals surface area contributed by atoms with Gasteiger partial charge in [-0.05, 0) is 43.2 Å². The molecule has 1 amide bonds. The zero-order valence-electron chi connectivity index (χ0n) is 12.9.